The van der Waals surface area contributed by atoms with Crippen LogP contribution in [0.25, 0.3) is 5.69 Å². The third-order valence-electron chi connectivity index (χ3n) is 5.32. The minimum absolute atomic E-state index is 0.106. The van der Waals surface area contributed by atoms with Crippen molar-refractivity contribution in [2.75, 3.05) is 14.1 Å². The van der Waals surface area contributed by atoms with Gasteiger partial charge in [0.25, 0.3) is 5.91 Å². The zero-order valence-corrected chi connectivity index (χ0v) is 17.8. The lowest BCUT2D eigenvalue weighted by Gasteiger charge is -2.15. The predicted octanol–water partition coefficient (Wildman–Crippen LogP) is 2.54. The van der Waals surface area contributed by atoms with Gasteiger partial charge < -0.3 is 5.32 Å². The first-order valence-corrected chi connectivity index (χ1v) is 11.3. The zero-order chi connectivity index (χ0) is 21.3. The van der Waals surface area contributed by atoms with Crippen LogP contribution in [-0.4, -0.2) is 42.5 Å². The number of carbonyl (C=O) groups is 1. The molecule has 7 nitrogen and oxygen atoms in total. The van der Waals surface area contributed by atoms with Crippen LogP contribution in [0.4, 0.5) is 0 Å². The van der Waals surface area contributed by atoms with E-state index in [4.69, 9.17) is 0 Å². The second kappa shape index (κ2) is 8.04. The molecule has 1 aliphatic carbocycles. The SMILES string of the molecule is CN(C)S(=O)(=O)c1ccccc1CNC(=O)c1nn(-c2ccccc2)c2c1CCC2. The molecule has 1 aromatic heterocycles. The largest absolute Gasteiger partial charge is 0.347 e. The van der Waals surface area contributed by atoms with Crippen molar-refractivity contribution in [3.63, 3.8) is 0 Å². The van der Waals surface area contributed by atoms with E-state index in [1.807, 2.05) is 35.0 Å². The smallest absolute Gasteiger partial charge is 0.272 e. The average Bonchev–Trinajstić information content (AvgIpc) is 3.35. The molecule has 1 heterocycles. The summed E-state index contributed by atoms with van der Waals surface area (Å²) in [4.78, 5) is 13.2. The van der Waals surface area contributed by atoms with E-state index >= 15 is 0 Å². The maximum absolute atomic E-state index is 13.0. The predicted molar refractivity (Wildman–Crippen MR) is 114 cm³/mol. The van der Waals surface area contributed by atoms with Crippen molar-refractivity contribution < 1.29 is 13.2 Å². The molecule has 156 valence electrons. The van der Waals surface area contributed by atoms with Crippen LogP contribution in [0.3, 0.4) is 0 Å². The van der Waals surface area contributed by atoms with Gasteiger partial charge in [0.1, 0.15) is 0 Å². The number of hydrogen-bond donors (Lipinski definition) is 1. The number of para-hydroxylation sites is 1. The Morgan fingerprint density at radius 3 is 2.50 bits per heavy atom. The summed E-state index contributed by atoms with van der Waals surface area (Å²) < 4.78 is 28.2. The summed E-state index contributed by atoms with van der Waals surface area (Å²) in [7, 11) is -0.619. The molecule has 0 atom stereocenters. The summed E-state index contributed by atoms with van der Waals surface area (Å²) in [5, 5.41) is 7.46. The van der Waals surface area contributed by atoms with Gasteiger partial charge in [0.2, 0.25) is 10.0 Å². The summed E-state index contributed by atoms with van der Waals surface area (Å²) in [6, 6.07) is 16.5. The lowest BCUT2D eigenvalue weighted by Crippen LogP contribution is -2.27. The van der Waals surface area contributed by atoms with E-state index in [2.05, 4.69) is 10.4 Å². The molecule has 4 rings (SSSR count). The molecule has 0 fully saturated rings. The van der Waals surface area contributed by atoms with Crippen LogP contribution < -0.4 is 5.32 Å². The highest BCUT2D eigenvalue weighted by Crippen LogP contribution is 2.28. The number of aromatic nitrogens is 2. The van der Waals surface area contributed by atoms with Crippen molar-refractivity contribution in [3.05, 3.63) is 77.1 Å². The fourth-order valence-corrected chi connectivity index (χ4v) is 4.88. The minimum Gasteiger partial charge on any atom is -0.347 e. The Morgan fingerprint density at radius 1 is 1.07 bits per heavy atom. The fraction of sp³-hybridized carbons (Fsp3) is 0.273. The van der Waals surface area contributed by atoms with Crippen molar-refractivity contribution in [1.29, 1.82) is 0 Å². The molecule has 0 aliphatic heterocycles. The molecule has 3 aromatic rings. The summed E-state index contributed by atoms with van der Waals surface area (Å²) in [6.45, 7) is 0.106. The van der Waals surface area contributed by atoms with Gasteiger partial charge in [-0.3, -0.25) is 4.79 Å². The van der Waals surface area contributed by atoms with Gasteiger partial charge in [-0.15, -0.1) is 0 Å². The number of nitrogens with zero attached hydrogens (tertiary/aromatic N) is 3. The molecule has 1 N–H and O–H groups in total. The summed E-state index contributed by atoms with van der Waals surface area (Å²) in [5.74, 6) is -0.292. The van der Waals surface area contributed by atoms with E-state index in [0.717, 1.165) is 36.2 Å². The molecular formula is C22H24N4O3S. The normalized spacial score (nSPS) is 13.4. The third-order valence-corrected chi connectivity index (χ3v) is 7.23. The Bertz CT molecular complexity index is 1180. The number of amides is 1. The summed E-state index contributed by atoms with van der Waals surface area (Å²) >= 11 is 0. The second-order valence-corrected chi connectivity index (χ2v) is 9.57. The molecule has 30 heavy (non-hydrogen) atoms. The average molecular weight is 425 g/mol. The molecule has 0 saturated heterocycles. The van der Waals surface area contributed by atoms with Crippen LogP contribution >= 0.6 is 0 Å². The lowest BCUT2D eigenvalue weighted by molar-refractivity contribution is 0.0944. The summed E-state index contributed by atoms with van der Waals surface area (Å²) in [5.41, 5.74) is 3.93. The third kappa shape index (κ3) is 3.64. The first-order valence-electron chi connectivity index (χ1n) is 9.84. The maximum atomic E-state index is 13.0. The van der Waals surface area contributed by atoms with Gasteiger partial charge in [0.15, 0.2) is 5.69 Å². The first-order chi connectivity index (χ1) is 14.4. The number of rotatable bonds is 6. The molecule has 1 aliphatic rings. The van der Waals surface area contributed by atoms with Crippen molar-refractivity contribution in [3.8, 4) is 5.69 Å². The summed E-state index contributed by atoms with van der Waals surface area (Å²) in [6.07, 6.45) is 2.69. The van der Waals surface area contributed by atoms with Crippen molar-refractivity contribution in [1.82, 2.24) is 19.4 Å². The highest BCUT2D eigenvalue weighted by Gasteiger charge is 2.27. The van der Waals surface area contributed by atoms with Crippen LogP contribution in [-0.2, 0) is 29.4 Å². The molecule has 0 radical (unpaired) electrons. The van der Waals surface area contributed by atoms with Crippen molar-refractivity contribution in [2.24, 2.45) is 0 Å². The number of benzene rings is 2. The van der Waals surface area contributed by atoms with Crippen LogP contribution in [0.1, 0.15) is 33.7 Å². The van der Waals surface area contributed by atoms with E-state index < -0.39 is 10.0 Å². The van der Waals surface area contributed by atoms with Gasteiger partial charge in [-0.1, -0.05) is 36.4 Å². The van der Waals surface area contributed by atoms with E-state index in [0.29, 0.717) is 11.3 Å². The van der Waals surface area contributed by atoms with E-state index in [9.17, 15) is 13.2 Å². The van der Waals surface area contributed by atoms with Crippen LogP contribution in [0.2, 0.25) is 0 Å². The van der Waals surface area contributed by atoms with Gasteiger partial charge in [0.05, 0.1) is 10.6 Å². The molecule has 0 bridgehead atoms. The van der Waals surface area contributed by atoms with Crippen molar-refractivity contribution >= 4 is 15.9 Å². The van der Waals surface area contributed by atoms with E-state index in [1.54, 1.807) is 24.3 Å². The molecule has 2 aromatic carbocycles. The zero-order valence-electron chi connectivity index (χ0n) is 17.0. The Balaban J connectivity index is 1.60. The highest BCUT2D eigenvalue weighted by molar-refractivity contribution is 7.89. The molecule has 8 heteroatoms. The van der Waals surface area contributed by atoms with Gasteiger partial charge in [-0.2, -0.15) is 5.10 Å². The van der Waals surface area contributed by atoms with E-state index in [-0.39, 0.29) is 17.3 Å². The molecule has 0 unspecified atom stereocenters. The van der Waals surface area contributed by atoms with Crippen molar-refractivity contribution in [2.45, 2.75) is 30.7 Å². The molecule has 0 spiro atoms. The number of nitrogens with one attached hydrogen (secondary N) is 1. The Morgan fingerprint density at radius 2 is 1.77 bits per heavy atom. The van der Waals surface area contributed by atoms with Gasteiger partial charge in [-0.25, -0.2) is 17.4 Å². The first kappa shape index (κ1) is 20.3. The van der Waals surface area contributed by atoms with Gasteiger partial charge >= 0.3 is 0 Å². The quantitative estimate of drug-likeness (QED) is 0.659. The Labute approximate surface area is 176 Å². The lowest BCUT2D eigenvalue weighted by atomic mass is 10.2. The van der Waals surface area contributed by atoms with Crippen LogP contribution in [0, 0.1) is 0 Å². The number of carbonyl (C=O) groups excluding carboxylic acids is 1. The molecular weight excluding hydrogens is 400 g/mol. The number of sulfonamides is 1. The minimum atomic E-state index is -3.60. The maximum Gasteiger partial charge on any atom is 0.272 e. The molecule has 1 amide bonds. The van der Waals surface area contributed by atoms with Crippen LogP contribution in [0.15, 0.2) is 59.5 Å². The number of fused-ring (bicyclic) bond motifs is 1. The monoisotopic (exact) mass is 424 g/mol. The van der Waals surface area contributed by atoms with E-state index in [1.165, 1.54) is 18.4 Å². The topological polar surface area (TPSA) is 84.3 Å². The highest BCUT2D eigenvalue weighted by atomic mass is 32.2. The van der Waals surface area contributed by atoms with Gasteiger partial charge in [-0.05, 0) is 43.0 Å². The molecule has 0 saturated carbocycles. The van der Waals surface area contributed by atoms with Gasteiger partial charge in [0, 0.05) is 31.9 Å². The van der Waals surface area contributed by atoms with Crippen LogP contribution in [0.5, 0.6) is 0 Å². The Kier molecular flexibility index (Phi) is 5.44. The number of hydrogen-bond acceptors (Lipinski definition) is 4. The fourth-order valence-electron chi connectivity index (χ4n) is 3.76. The Hall–Kier alpha value is -2.97. The second-order valence-electron chi connectivity index (χ2n) is 7.45. The standard InChI is InChI=1S/C22H24N4O3S/c1-25(2)30(28,29)20-14-7-6-9-16(20)15-23-22(27)21-18-12-8-13-19(18)26(24-21)17-10-4-3-5-11-17/h3-7,9-11,14H,8,12-13,15H2,1-2H3,(H,23,27).